The van der Waals surface area contributed by atoms with Gasteiger partial charge in [0.15, 0.2) is 0 Å². The average Bonchev–Trinajstić information content (AvgIpc) is 2.06. The minimum absolute atomic E-state index is 0.102. The third-order valence-corrected chi connectivity index (χ3v) is 3.02. The van der Waals surface area contributed by atoms with Crippen LogP contribution in [0, 0.1) is 5.92 Å². The molecule has 11 heavy (non-hydrogen) atoms. The number of hydrogen-bond acceptors (Lipinski definition) is 1. The minimum atomic E-state index is 0.102. The highest BCUT2D eigenvalue weighted by Crippen LogP contribution is 2.28. The van der Waals surface area contributed by atoms with Gasteiger partial charge in [0, 0.05) is 0 Å². The van der Waals surface area contributed by atoms with Crippen molar-refractivity contribution in [2.24, 2.45) is 5.92 Å². The van der Waals surface area contributed by atoms with Gasteiger partial charge in [-0.3, -0.25) is 0 Å². The summed E-state index contributed by atoms with van der Waals surface area (Å²) in [6, 6.07) is 0. The molecule has 1 fully saturated rings. The molecule has 0 aromatic carbocycles. The van der Waals surface area contributed by atoms with Crippen molar-refractivity contribution in [2.75, 3.05) is 0 Å². The normalized spacial score (nSPS) is 23.0. The molecule has 0 heterocycles. The monoisotopic (exact) mass is 218 g/mol. The topological polar surface area (TPSA) is 17.1 Å². The summed E-state index contributed by atoms with van der Waals surface area (Å²) in [6.45, 7) is 0. The number of alkyl halides is 1. The molecular formula is C9H15BrO. The van der Waals surface area contributed by atoms with Crippen molar-refractivity contribution in [2.45, 2.75) is 43.4 Å². The first-order valence-corrected chi connectivity index (χ1v) is 5.34. The van der Waals surface area contributed by atoms with E-state index in [0.29, 0.717) is 0 Å². The molecule has 1 atom stereocenters. The van der Waals surface area contributed by atoms with E-state index in [4.69, 9.17) is 0 Å². The van der Waals surface area contributed by atoms with Crippen molar-refractivity contribution in [1.82, 2.24) is 0 Å². The number of carbonyl (C=O) groups is 1. The predicted molar refractivity (Wildman–Crippen MR) is 50.0 cm³/mol. The lowest BCUT2D eigenvalue weighted by Crippen LogP contribution is -2.12. The maximum atomic E-state index is 10.3. The fourth-order valence-electron chi connectivity index (χ4n) is 1.80. The van der Waals surface area contributed by atoms with E-state index in [0.717, 1.165) is 18.6 Å². The Hall–Kier alpha value is 0.150. The van der Waals surface area contributed by atoms with Gasteiger partial charge in [0.25, 0.3) is 0 Å². The van der Waals surface area contributed by atoms with Gasteiger partial charge in [-0.2, -0.15) is 0 Å². The Balaban J connectivity index is 2.18. The Morgan fingerprint density at radius 3 is 2.55 bits per heavy atom. The van der Waals surface area contributed by atoms with Crippen LogP contribution >= 0.6 is 15.9 Å². The van der Waals surface area contributed by atoms with Gasteiger partial charge < -0.3 is 4.79 Å². The van der Waals surface area contributed by atoms with Crippen LogP contribution in [0.5, 0.6) is 0 Å². The van der Waals surface area contributed by atoms with Crippen molar-refractivity contribution in [3.63, 3.8) is 0 Å². The molecule has 1 aliphatic carbocycles. The van der Waals surface area contributed by atoms with E-state index < -0.39 is 0 Å². The van der Waals surface area contributed by atoms with Crippen molar-refractivity contribution in [1.29, 1.82) is 0 Å². The number of halogens is 1. The van der Waals surface area contributed by atoms with Crippen LogP contribution in [0.3, 0.4) is 0 Å². The highest BCUT2D eigenvalue weighted by Gasteiger charge is 2.16. The van der Waals surface area contributed by atoms with Gasteiger partial charge in [0.2, 0.25) is 0 Å². The Morgan fingerprint density at radius 1 is 1.36 bits per heavy atom. The molecule has 0 N–H and O–H groups in total. The van der Waals surface area contributed by atoms with Gasteiger partial charge in [-0.15, -0.1) is 0 Å². The van der Waals surface area contributed by atoms with E-state index in [-0.39, 0.29) is 4.83 Å². The second kappa shape index (κ2) is 4.91. The zero-order chi connectivity index (χ0) is 8.10. The molecule has 2 heteroatoms. The van der Waals surface area contributed by atoms with Crippen LogP contribution in [0.15, 0.2) is 0 Å². The van der Waals surface area contributed by atoms with Gasteiger partial charge in [0.1, 0.15) is 6.29 Å². The van der Waals surface area contributed by atoms with Crippen molar-refractivity contribution < 1.29 is 4.79 Å². The standard InChI is InChI=1S/C9H15BrO/c10-9(7-11)6-8-4-2-1-3-5-8/h7-9H,1-6H2. The largest absolute Gasteiger partial charge is 0.302 e. The fourth-order valence-corrected chi connectivity index (χ4v) is 2.33. The zero-order valence-electron chi connectivity index (χ0n) is 6.76. The first-order valence-electron chi connectivity index (χ1n) is 4.42. The third kappa shape index (κ3) is 3.37. The van der Waals surface area contributed by atoms with Crippen LogP contribution in [0.4, 0.5) is 0 Å². The van der Waals surface area contributed by atoms with E-state index in [2.05, 4.69) is 15.9 Å². The molecule has 0 saturated heterocycles. The molecule has 1 saturated carbocycles. The van der Waals surface area contributed by atoms with Crippen LogP contribution < -0.4 is 0 Å². The molecule has 1 unspecified atom stereocenters. The molecule has 1 nitrogen and oxygen atoms in total. The molecule has 64 valence electrons. The Labute approximate surface area is 76.7 Å². The van der Waals surface area contributed by atoms with Gasteiger partial charge in [-0.25, -0.2) is 0 Å². The second-order valence-corrected chi connectivity index (χ2v) is 4.57. The molecule has 0 aliphatic heterocycles. The Bertz CT molecular complexity index is 119. The number of rotatable bonds is 3. The van der Waals surface area contributed by atoms with Crippen molar-refractivity contribution in [3.05, 3.63) is 0 Å². The number of carbonyl (C=O) groups excluding carboxylic acids is 1. The van der Waals surface area contributed by atoms with Crippen LogP contribution in [-0.4, -0.2) is 11.1 Å². The number of aldehydes is 1. The van der Waals surface area contributed by atoms with Crippen molar-refractivity contribution >= 4 is 22.2 Å². The van der Waals surface area contributed by atoms with Gasteiger partial charge >= 0.3 is 0 Å². The van der Waals surface area contributed by atoms with Crippen LogP contribution in [-0.2, 0) is 4.79 Å². The maximum absolute atomic E-state index is 10.3. The predicted octanol–water partition coefficient (Wildman–Crippen LogP) is 2.92. The molecular weight excluding hydrogens is 204 g/mol. The highest BCUT2D eigenvalue weighted by atomic mass is 79.9. The molecule has 0 aromatic rings. The summed E-state index contributed by atoms with van der Waals surface area (Å²) in [5.41, 5.74) is 0. The maximum Gasteiger partial charge on any atom is 0.133 e. The smallest absolute Gasteiger partial charge is 0.133 e. The second-order valence-electron chi connectivity index (χ2n) is 3.39. The fraction of sp³-hybridized carbons (Fsp3) is 0.889. The quantitative estimate of drug-likeness (QED) is 0.526. The summed E-state index contributed by atoms with van der Waals surface area (Å²) < 4.78 is 0. The molecule has 0 spiro atoms. The molecule has 0 amide bonds. The summed E-state index contributed by atoms with van der Waals surface area (Å²) >= 11 is 3.34. The zero-order valence-corrected chi connectivity index (χ0v) is 8.35. The first kappa shape index (κ1) is 9.24. The summed E-state index contributed by atoms with van der Waals surface area (Å²) in [5, 5.41) is 0. The molecule has 0 bridgehead atoms. The van der Waals surface area contributed by atoms with Gasteiger partial charge in [-0.05, 0) is 12.3 Å². The van der Waals surface area contributed by atoms with Crippen molar-refractivity contribution in [3.8, 4) is 0 Å². The molecule has 0 aromatic heterocycles. The molecule has 1 aliphatic rings. The lowest BCUT2D eigenvalue weighted by molar-refractivity contribution is -0.107. The molecule has 1 rings (SSSR count). The van der Waals surface area contributed by atoms with E-state index in [1.54, 1.807) is 0 Å². The molecule has 0 radical (unpaired) electrons. The van der Waals surface area contributed by atoms with Crippen LogP contribution in [0.2, 0.25) is 0 Å². The SMILES string of the molecule is O=CC(Br)CC1CCCCC1. The van der Waals surface area contributed by atoms with Crippen LogP contribution in [0.1, 0.15) is 38.5 Å². The van der Waals surface area contributed by atoms with Gasteiger partial charge in [0.05, 0.1) is 4.83 Å². The van der Waals surface area contributed by atoms with E-state index >= 15 is 0 Å². The third-order valence-electron chi connectivity index (χ3n) is 2.43. The minimum Gasteiger partial charge on any atom is -0.302 e. The van der Waals surface area contributed by atoms with E-state index in [1.165, 1.54) is 32.1 Å². The first-order chi connectivity index (χ1) is 5.33. The summed E-state index contributed by atoms with van der Waals surface area (Å²) in [6.07, 6.45) is 8.83. The lowest BCUT2D eigenvalue weighted by atomic mass is 9.86. The summed E-state index contributed by atoms with van der Waals surface area (Å²) in [7, 11) is 0. The van der Waals surface area contributed by atoms with Gasteiger partial charge in [-0.1, -0.05) is 48.0 Å². The summed E-state index contributed by atoms with van der Waals surface area (Å²) in [5.74, 6) is 0.804. The van der Waals surface area contributed by atoms with E-state index in [9.17, 15) is 4.79 Å². The average molecular weight is 219 g/mol. The van der Waals surface area contributed by atoms with Crippen LogP contribution in [0.25, 0.3) is 0 Å². The van der Waals surface area contributed by atoms with E-state index in [1.807, 2.05) is 0 Å². The Kier molecular flexibility index (Phi) is 4.13. The summed E-state index contributed by atoms with van der Waals surface area (Å²) in [4.78, 5) is 10.4. The Morgan fingerprint density at radius 2 is 2.00 bits per heavy atom. The highest BCUT2D eigenvalue weighted by molar-refractivity contribution is 9.09. The lowest BCUT2D eigenvalue weighted by Gasteiger charge is -2.21. The number of hydrogen-bond donors (Lipinski definition) is 0.